The van der Waals surface area contributed by atoms with Gasteiger partial charge in [0.2, 0.25) is 0 Å². The Kier molecular flexibility index (Phi) is 4.62. The van der Waals surface area contributed by atoms with Crippen molar-refractivity contribution >= 4 is 11.9 Å². The molecule has 0 radical (unpaired) electrons. The molecule has 1 aliphatic heterocycles. The van der Waals surface area contributed by atoms with Crippen LogP contribution < -0.4 is 0 Å². The van der Waals surface area contributed by atoms with E-state index < -0.39 is 29.0 Å². The molecule has 2 aromatic rings. The third kappa shape index (κ3) is 3.76. The van der Waals surface area contributed by atoms with Gasteiger partial charge in [-0.15, -0.1) is 5.10 Å². The molecule has 0 spiro atoms. The minimum Gasteiger partial charge on any atom is -0.481 e. The quantitative estimate of drug-likeness (QED) is 0.870. The summed E-state index contributed by atoms with van der Waals surface area (Å²) in [6, 6.07) is 1.97. The van der Waals surface area contributed by atoms with Crippen LogP contribution in [0.5, 0.6) is 0 Å². The van der Waals surface area contributed by atoms with Crippen molar-refractivity contribution in [2.75, 3.05) is 13.1 Å². The van der Waals surface area contributed by atoms with Crippen LogP contribution in [0.25, 0.3) is 5.82 Å². The largest absolute Gasteiger partial charge is 0.481 e. The van der Waals surface area contributed by atoms with Gasteiger partial charge in [-0.25, -0.2) is 9.67 Å². The number of alkyl halides is 3. The van der Waals surface area contributed by atoms with E-state index >= 15 is 0 Å². The van der Waals surface area contributed by atoms with Crippen LogP contribution >= 0.6 is 0 Å². The predicted octanol–water partition coefficient (Wildman–Crippen LogP) is 2.01. The maximum Gasteiger partial charge on any atom is 0.417 e. The van der Waals surface area contributed by atoms with Gasteiger partial charge in [0.05, 0.1) is 17.2 Å². The second kappa shape index (κ2) is 6.63. The zero-order valence-electron chi connectivity index (χ0n) is 14.3. The summed E-state index contributed by atoms with van der Waals surface area (Å²) in [5.41, 5.74) is -1.96. The Bertz CT molecular complexity index is 865. The summed E-state index contributed by atoms with van der Waals surface area (Å²) in [7, 11) is 0. The summed E-state index contributed by atoms with van der Waals surface area (Å²) in [6.07, 6.45) is -1.57. The number of rotatable bonds is 3. The number of aliphatic carboxylic acids is 1. The Morgan fingerprint density at radius 3 is 2.63 bits per heavy atom. The first-order valence-electron chi connectivity index (χ1n) is 8.09. The van der Waals surface area contributed by atoms with E-state index in [0.29, 0.717) is 25.6 Å². The van der Waals surface area contributed by atoms with Gasteiger partial charge in [-0.1, -0.05) is 5.21 Å². The lowest BCUT2D eigenvalue weighted by Gasteiger charge is -2.37. The summed E-state index contributed by atoms with van der Waals surface area (Å²) in [6.45, 7) is 2.03. The average molecular weight is 383 g/mol. The Labute approximate surface area is 151 Å². The molecule has 0 aromatic carbocycles. The molecule has 3 heterocycles. The summed E-state index contributed by atoms with van der Waals surface area (Å²) in [5, 5.41) is 16.8. The number of halogens is 3. The molecule has 8 nitrogen and oxygen atoms in total. The maximum atomic E-state index is 12.6. The number of carboxylic acids is 1. The van der Waals surface area contributed by atoms with Crippen molar-refractivity contribution < 1.29 is 27.9 Å². The minimum atomic E-state index is -4.50. The normalized spacial score (nSPS) is 20.5. The number of hydrogen-bond acceptors (Lipinski definition) is 5. The molecule has 1 N–H and O–H groups in total. The van der Waals surface area contributed by atoms with Gasteiger partial charge in [0, 0.05) is 19.3 Å². The lowest BCUT2D eigenvalue weighted by molar-refractivity contribution is -0.150. The van der Waals surface area contributed by atoms with Gasteiger partial charge in [0.15, 0.2) is 11.5 Å². The zero-order chi connectivity index (χ0) is 19.8. The van der Waals surface area contributed by atoms with Gasteiger partial charge in [0.25, 0.3) is 5.91 Å². The van der Waals surface area contributed by atoms with Crippen LogP contribution in [0.1, 0.15) is 35.8 Å². The minimum absolute atomic E-state index is 0.0358. The second-order valence-electron chi connectivity index (χ2n) is 6.65. The first-order chi connectivity index (χ1) is 12.6. The highest BCUT2D eigenvalue weighted by Crippen LogP contribution is 2.30. The zero-order valence-corrected chi connectivity index (χ0v) is 14.3. The lowest BCUT2D eigenvalue weighted by atomic mass is 9.82. The van der Waals surface area contributed by atoms with Crippen LogP contribution in [0.2, 0.25) is 0 Å². The van der Waals surface area contributed by atoms with Gasteiger partial charge >= 0.3 is 12.1 Å². The van der Waals surface area contributed by atoms with E-state index in [1.165, 1.54) is 11.1 Å². The maximum absolute atomic E-state index is 12.6. The monoisotopic (exact) mass is 383 g/mol. The van der Waals surface area contributed by atoms with Crippen molar-refractivity contribution in [1.82, 2.24) is 24.9 Å². The molecule has 1 fully saturated rings. The number of carbonyl (C=O) groups is 2. The number of piperidine rings is 1. The van der Waals surface area contributed by atoms with Crippen LogP contribution in [-0.2, 0) is 11.0 Å². The number of carboxylic acid groups (broad SMARTS) is 1. The first-order valence-corrected chi connectivity index (χ1v) is 8.09. The van der Waals surface area contributed by atoms with Crippen molar-refractivity contribution in [3.63, 3.8) is 0 Å². The third-order valence-electron chi connectivity index (χ3n) is 4.52. The fourth-order valence-corrected chi connectivity index (χ4v) is 2.91. The molecule has 2 aromatic heterocycles. The van der Waals surface area contributed by atoms with Crippen LogP contribution in [0.4, 0.5) is 13.2 Å². The molecule has 0 saturated carbocycles. The molecule has 144 valence electrons. The fraction of sp³-hybridized carbons (Fsp3) is 0.438. The highest BCUT2D eigenvalue weighted by molar-refractivity contribution is 5.92. The average Bonchev–Trinajstić information content (AvgIpc) is 3.10. The van der Waals surface area contributed by atoms with Crippen molar-refractivity contribution in [1.29, 1.82) is 0 Å². The number of nitrogens with zero attached hydrogens (tertiary/aromatic N) is 5. The van der Waals surface area contributed by atoms with Crippen molar-refractivity contribution in [2.24, 2.45) is 5.41 Å². The number of likely N-dealkylation sites (tertiary alicyclic amines) is 1. The number of carbonyl (C=O) groups excluding carboxylic acids is 1. The molecular weight excluding hydrogens is 367 g/mol. The number of amides is 1. The highest BCUT2D eigenvalue weighted by atomic mass is 19.4. The Morgan fingerprint density at radius 2 is 2.04 bits per heavy atom. The number of hydrogen-bond donors (Lipinski definition) is 1. The molecule has 0 bridgehead atoms. The van der Waals surface area contributed by atoms with E-state index in [4.69, 9.17) is 0 Å². The Balaban J connectivity index is 1.77. The first kappa shape index (κ1) is 18.8. The molecule has 27 heavy (non-hydrogen) atoms. The fourth-order valence-electron chi connectivity index (χ4n) is 2.91. The summed E-state index contributed by atoms with van der Waals surface area (Å²) in [4.78, 5) is 29.1. The van der Waals surface area contributed by atoms with E-state index in [-0.39, 0.29) is 18.1 Å². The van der Waals surface area contributed by atoms with Gasteiger partial charge < -0.3 is 10.0 Å². The van der Waals surface area contributed by atoms with Gasteiger partial charge in [-0.05, 0) is 31.9 Å². The summed E-state index contributed by atoms with van der Waals surface area (Å²) < 4.78 is 38.9. The smallest absolute Gasteiger partial charge is 0.417 e. The summed E-state index contributed by atoms with van der Waals surface area (Å²) >= 11 is 0. The standard InChI is InChI=1S/C16H16F3N5O3/c1-15(14(26)27)5-2-6-23(9-15)13(25)11-8-24(22-21-11)12-4-3-10(7-20-12)16(17,18)19/h3-4,7-8H,2,5-6,9H2,1H3,(H,26,27). The van der Waals surface area contributed by atoms with E-state index in [2.05, 4.69) is 15.3 Å². The molecular formula is C16H16F3N5O3. The van der Waals surface area contributed by atoms with Crippen LogP contribution in [0.15, 0.2) is 24.5 Å². The molecule has 0 aliphatic carbocycles. The Hall–Kier alpha value is -2.98. The molecule has 1 unspecified atom stereocenters. The highest BCUT2D eigenvalue weighted by Gasteiger charge is 2.40. The van der Waals surface area contributed by atoms with E-state index in [1.54, 1.807) is 6.92 Å². The van der Waals surface area contributed by atoms with Crippen LogP contribution in [0, 0.1) is 5.41 Å². The summed E-state index contributed by atoms with van der Waals surface area (Å²) in [5.74, 6) is -1.39. The molecule has 1 saturated heterocycles. The number of pyridine rings is 1. The molecule has 11 heteroatoms. The number of aromatic nitrogens is 4. The van der Waals surface area contributed by atoms with Gasteiger partial charge in [-0.3, -0.25) is 9.59 Å². The molecule has 1 amide bonds. The SMILES string of the molecule is CC1(C(=O)O)CCCN(C(=O)c2cn(-c3ccc(C(F)(F)F)cn3)nn2)C1. The topological polar surface area (TPSA) is 101 Å². The van der Waals surface area contributed by atoms with E-state index in [1.807, 2.05) is 0 Å². The van der Waals surface area contributed by atoms with Gasteiger partial charge in [-0.2, -0.15) is 13.2 Å². The molecule has 3 rings (SSSR count). The van der Waals surface area contributed by atoms with Gasteiger partial charge in [0.1, 0.15) is 0 Å². The molecule has 1 atom stereocenters. The predicted molar refractivity (Wildman–Crippen MR) is 85.0 cm³/mol. The van der Waals surface area contributed by atoms with Crippen LogP contribution in [-0.4, -0.2) is 55.0 Å². The van der Waals surface area contributed by atoms with Crippen molar-refractivity contribution in [3.8, 4) is 5.82 Å². The van der Waals surface area contributed by atoms with E-state index in [0.717, 1.165) is 16.8 Å². The van der Waals surface area contributed by atoms with Crippen molar-refractivity contribution in [2.45, 2.75) is 25.9 Å². The third-order valence-corrected chi connectivity index (χ3v) is 4.52. The molecule has 1 aliphatic rings. The lowest BCUT2D eigenvalue weighted by Crippen LogP contribution is -2.48. The second-order valence-corrected chi connectivity index (χ2v) is 6.65. The Morgan fingerprint density at radius 1 is 1.30 bits per heavy atom. The van der Waals surface area contributed by atoms with E-state index in [9.17, 15) is 27.9 Å². The van der Waals surface area contributed by atoms with Crippen LogP contribution in [0.3, 0.4) is 0 Å². The van der Waals surface area contributed by atoms with Crippen molar-refractivity contribution in [3.05, 3.63) is 35.8 Å².